The standard InChI is InChI=1S/C20H25ClN4O/c1-22-20(23-11-10-14-6-9-19(21)24-12-14)25-13-17-16-5-3-2-4-15(16)7-8-18(17)26/h6-9,12,26H,2-5,10-11,13H2,1H3,(H2,22,23,25). The Balaban J connectivity index is 1.55. The van der Waals surface area contributed by atoms with Crippen LogP contribution in [-0.4, -0.2) is 29.6 Å². The van der Waals surface area contributed by atoms with Gasteiger partial charge in [-0.15, -0.1) is 0 Å². The molecule has 0 amide bonds. The summed E-state index contributed by atoms with van der Waals surface area (Å²) in [7, 11) is 1.75. The zero-order valence-electron chi connectivity index (χ0n) is 15.1. The normalized spacial score (nSPS) is 14.0. The van der Waals surface area contributed by atoms with E-state index in [4.69, 9.17) is 11.6 Å². The fourth-order valence-electron chi connectivity index (χ4n) is 3.36. The van der Waals surface area contributed by atoms with E-state index in [0.717, 1.165) is 42.9 Å². The third-order valence-electron chi connectivity index (χ3n) is 4.78. The molecule has 3 rings (SSSR count). The number of nitrogens with zero attached hydrogens (tertiary/aromatic N) is 2. The Hall–Kier alpha value is -2.27. The summed E-state index contributed by atoms with van der Waals surface area (Å²) in [5.41, 5.74) is 4.77. The lowest BCUT2D eigenvalue weighted by Gasteiger charge is -2.21. The third-order valence-corrected chi connectivity index (χ3v) is 5.00. The van der Waals surface area contributed by atoms with Gasteiger partial charge in [-0.25, -0.2) is 4.98 Å². The number of pyridine rings is 1. The molecule has 0 saturated heterocycles. The Kier molecular flexibility index (Phi) is 6.34. The maximum atomic E-state index is 10.3. The van der Waals surface area contributed by atoms with Crippen LogP contribution in [0.4, 0.5) is 0 Å². The van der Waals surface area contributed by atoms with E-state index in [0.29, 0.717) is 17.4 Å². The number of fused-ring (bicyclic) bond motifs is 1. The highest BCUT2D eigenvalue weighted by Gasteiger charge is 2.16. The topological polar surface area (TPSA) is 69.5 Å². The van der Waals surface area contributed by atoms with Gasteiger partial charge < -0.3 is 15.7 Å². The van der Waals surface area contributed by atoms with Crippen LogP contribution in [-0.2, 0) is 25.8 Å². The van der Waals surface area contributed by atoms with Crippen LogP contribution in [0.1, 0.15) is 35.1 Å². The Bertz CT molecular complexity index is 774. The molecular weight excluding hydrogens is 348 g/mol. The highest BCUT2D eigenvalue weighted by atomic mass is 35.5. The van der Waals surface area contributed by atoms with Crippen LogP contribution in [0.3, 0.4) is 0 Å². The summed E-state index contributed by atoms with van der Waals surface area (Å²) >= 11 is 5.80. The van der Waals surface area contributed by atoms with Gasteiger partial charge in [-0.2, -0.15) is 0 Å². The zero-order valence-corrected chi connectivity index (χ0v) is 15.8. The summed E-state index contributed by atoms with van der Waals surface area (Å²) in [6, 6.07) is 7.64. The molecule has 0 atom stereocenters. The molecule has 26 heavy (non-hydrogen) atoms. The Morgan fingerprint density at radius 2 is 2.04 bits per heavy atom. The summed E-state index contributed by atoms with van der Waals surface area (Å²) in [5.74, 6) is 1.08. The largest absolute Gasteiger partial charge is 0.508 e. The molecule has 138 valence electrons. The lowest BCUT2D eigenvalue weighted by Crippen LogP contribution is -2.38. The third kappa shape index (κ3) is 4.67. The Labute approximate surface area is 159 Å². The number of guanidine groups is 1. The molecule has 0 spiro atoms. The van der Waals surface area contributed by atoms with Gasteiger partial charge in [0.1, 0.15) is 10.9 Å². The first kappa shape index (κ1) is 18.5. The van der Waals surface area contributed by atoms with E-state index in [1.54, 1.807) is 19.3 Å². The number of phenols is 1. The van der Waals surface area contributed by atoms with Crippen molar-refractivity contribution in [1.82, 2.24) is 15.6 Å². The number of aryl methyl sites for hydroxylation is 1. The summed E-state index contributed by atoms with van der Waals surface area (Å²) in [6.07, 6.45) is 7.17. The fraction of sp³-hybridized carbons (Fsp3) is 0.400. The van der Waals surface area contributed by atoms with Crippen molar-refractivity contribution in [3.63, 3.8) is 0 Å². The molecule has 5 nitrogen and oxygen atoms in total. The predicted octanol–water partition coefficient (Wildman–Crippen LogP) is 3.23. The zero-order chi connectivity index (χ0) is 18.4. The maximum absolute atomic E-state index is 10.3. The highest BCUT2D eigenvalue weighted by Crippen LogP contribution is 2.30. The van der Waals surface area contributed by atoms with Crippen molar-refractivity contribution in [2.45, 2.75) is 38.6 Å². The van der Waals surface area contributed by atoms with Crippen LogP contribution in [0.5, 0.6) is 5.75 Å². The molecule has 1 aromatic heterocycles. The minimum atomic E-state index is 0.362. The number of hydrogen-bond acceptors (Lipinski definition) is 3. The van der Waals surface area contributed by atoms with Crippen LogP contribution in [0.25, 0.3) is 0 Å². The van der Waals surface area contributed by atoms with Gasteiger partial charge in [0.25, 0.3) is 0 Å². The van der Waals surface area contributed by atoms with Gasteiger partial charge in [-0.3, -0.25) is 4.99 Å². The Morgan fingerprint density at radius 3 is 2.81 bits per heavy atom. The van der Waals surface area contributed by atoms with Crippen molar-refractivity contribution in [1.29, 1.82) is 0 Å². The second-order valence-electron chi connectivity index (χ2n) is 6.50. The number of rotatable bonds is 5. The number of hydrogen-bond donors (Lipinski definition) is 3. The second-order valence-corrected chi connectivity index (χ2v) is 6.89. The van der Waals surface area contributed by atoms with Gasteiger partial charge >= 0.3 is 0 Å². The lowest BCUT2D eigenvalue weighted by atomic mass is 9.88. The van der Waals surface area contributed by atoms with Crippen LogP contribution >= 0.6 is 11.6 Å². The van der Waals surface area contributed by atoms with Crippen molar-refractivity contribution in [2.75, 3.05) is 13.6 Å². The van der Waals surface area contributed by atoms with Crippen LogP contribution in [0.15, 0.2) is 35.5 Å². The van der Waals surface area contributed by atoms with Crippen molar-refractivity contribution in [3.8, 4) is 5.75 Å². The number of aromatic hydroxyl groups is 1. The van der Waals surface area contributed by atoms with Crippen molar-refractivity contribution in [3.05, 3.63) is 57.9 Å². The van der Waals surface area contributed by atoms with Crippen LogP contribution in [0, 0.1) is 0 Å². The minimum absolute atomic E-state index is 0.362. The molecule has 1 aliphatic rings. The first-order valence-electron chi connectivity index (χ1n) is 9.05. The monoisotopic (exact) mass is 372 g/mol. The molecule has 1 heterocycles. The van der Waals surface area contributed by atoms with E-state index in [2.05, 4.69) is 26.7 Å². The molecule has 0 radical (unpaired) electrons. The fourth-order valence-corrected chi connectivity index (χ4v) is 3.47. The van der Waals surface area contributed by atoms with Gasteiger partial charge in [0.15, 0.2) is 5.96 Å². The quantitative estimate of drug-likeness (QED) is 0.428. The number of halogens is 1. The number of benzene rings is 1. The number of aromatic nitrogens is 1. The number of nitrogens with one attached hydrogen (secondary N) is 2. The SMILES string of the molecule is CN=C(NCCc1ccc(Cl)nc1)NCc1c(O)ccc2c1CCCC2. The van der Waals surface area contributed by atoms with E-state index >= 15 is 0 Å². The van der Waals surface area contributed by atoms with Crippen molar-refractivity contribution in [2.24, 2.45) is 4.99 Å². The summed E-state index contributed by atoms with van der Waals surface area (Å²) in [6.45, 7) is 1.30. The molecule has 0 bridgehead atoms. The molecule has 3 N–H and O–H groups in total. The van der Waals surface area contributed by atoms with Crippen molar-refractivity contribution < 1.29 is 5.11 Å². The minimum Gasteiger partial charge on any atom is -0.508 e. The van der Waals surface area contributed by atoms with Crippen LogP contribution in [0.2, 0.25) is 5.15 Å². The van der Waals surface area contributed by atoms with E-state index < -0.39 is 0 Å². The number of aliphatic imine (C=N–C) groups is 1. The molecule has 2 aromatic rings. The second kappa shape index (κ2) is 8.90. The van der Waals surface area contributed by atoms with Gasteiger partial charge in [-0.05, 0) is 60.9 Å². The van der Waals surface area contributed by atoms with E-state index in [9.17, 15) is 5.11 Å². The summed E-state index contributed by atoms with van der Waals surface area (Å²) in [5, 5.41) is 17.4. The Morgan fingerprint density at radius 1 is 1.19 bits per heavy atom. The van der Waals surface area contributed by atoms with E-state index in [1.165, 1.54) is 24.0 Å². The molecule has 0 saturated carbocycles. The molecule has 0 unspecified atom stereocenters. The first-order chi connectivity index (χ1) is 12.7. The van der Waals surface area contributed by atoms with Crippen molar-refractivity contribution >= 4 is 17.6 Å². The predicted molar refractivity (Wildman–Crippen MR) is 106 cm³/mol. The molecular formula is C20H25ClN4O. The average Bonchev–Trinajstić information content (AvgIpc) is 2.67. The first-order valence-corrected chi connectivity index (χ1v) is 9.42. The van der Waals surface area contributed by atoms with E-state index in [1.807, 2.05) is 12.1 Å². The number of phenolic OH excluding ortho intramolecular Hbond substituents is 1. The van der Waals surface area contributed by atoms with Gasteiger partial charge in [0, 0.05) is 31.9 Å². The molecule has 0 aliphatic heterocycles. The van der Waals surface area contributed by atoms with Gasteiger partial charge in [0.05, 0.1) is 0 Å². The van der Waals surface area contributed by atoms with Crippen LogP contribution < -0.4 is 10.6 Å². The average molecular weight is 373 g/mol. The molecule has 0 fully saturated rings. The van der Waals surface area contributed by atoms with Gasteiger partial charge in [-0.1, -0.05) is 23.7 Å². The highest BCUT2D eigenvalue weighted by molar-refractivity contribution is 6.29. The van der Waals surface area contributed by atoms with Gasteiger partial charge in [0.2, 0.25) is 0 Å². The molecule has 1 aromatic carbocycles. The summed E-state index contributed by atoms with van der Waals surface area (Å²) in [4.78, 5) is 8.35. The summed E-state index contributed by atoms with van der Waals surface area (Å²) < 4.78 is 0. The smallest absolute Gasteiger partial charge is 0.191 e. The lowest BCUT2D eigenvalue weighted by molar-refractivity contribution is 0.464. The van der Waals surface area contributed by atoms with E-state index in [-0.39, 0.29) is 0 Å². The molecule has 6 heteroatoms. The molecule has 1 aliphatic carbocycles. The maximum Gasteiger partial charge on any atom is 0.191 e.